The Balaban J connectivity index is 2.57. The van der Waals surface area contributed by atoms with Crippen LogP contribution in [0.3, 0.4) is 0 Å². The second-order valence-corrected chi connectivity index (χ2v) is 3.77. The van der Waals surface area contributed by atoms with E-state index in [1.807, 2.05) is 4.90 Å². The highest BCUT2D eigenvalue weighted by Crippen LogP contribution is 2.21. The topological polar surface area (TPSA) is 58.4 Å². The van der Waals surface area contributed by atoms with Crippen LogP contribution in [-0.2, 0) is 0 Å². The van der Waals surface area contributed by atoms with Gasteiger partial charge < -0.3 is 16.0 Å². The summed E-state index contributed by atoms with van der Waals surface area (Å²) in [4.78, 5) is 13.2. The molecule has 0 aromatic carbocycles. The summed E-state index contributed by atoms with van der Waals surface area (Å²) in [5, 5.41) is 2.65. The SMILES string of the molecule is CNC(=O)N1CCC(C)CC1CN. The largest absolute Gasteiger partial charge is 0.341 e. The average molecular weight is 185 g/mol. The first kappa shape index (κ1) is 10.3. The van der Waals surface area contributed by atoms with Crippen LogP contribution < -0.4 is 11.1 Å². The van der Waals surface area contributed by atoms with Gasteiger partial charge in [0.15, 0.2) is 0 Å². The van der Waals surface area contributed by atoms with Crippen molar-refractivity contribution in [1.82, 2.24) is 10.2 Å². The minimum absolute atomic E-state index is 0.00218. The molecule has 1 aliphatic rings. The van der Waals surface area contributed by atoms with Crippen LogP contribution in [-0.4, -0.2) is 37.1 Å². The summed E-state index contributed by atoms with van der Waals surface area (Å²) in [7, 11) is 1.66. The van der Waals surface area contributed by atoms with Crippen LogP contribution >= 0.6 is 0 Å². The van der Waals surface area contributed by atoms with Crippen LogP contribution in [0.4, 0.5) is 4.79 Å². The second kappa shape index (κ2) is 4.46. The maximum Gasteiger partial charge on any atom is 0.317 e. The lowest BCUT2D eigenvalue weighted by Crippen LogP contribution is -2.52. The van der Waals surface area contributed by atoms with Gasteiger partial charge >= 0.3 is 6.03 Å². The van der Waals surface area contributed by atoms with Gasteiger partial charge in [-0.25, -0.2) is 4.79 Å². The zero-order valence-electron chi connectivity index (χ0n) is 8.42. The Kier molecular flexibility index (Phi) is 3.54. The standard InChI is InChI=1S/C9H19N3O/c1-7-3-4-12(9(13)11-2)8(5-7)6-10/h7-8H,3-6,10H2,1-2H3,(H,11,13). The van der Waals surface area contributed by atoms with Gasteiger partial charge in [0.05, 0.1) is 0 Å². The number of hydrogen-bond acceptors (Lipinski definition) is 2. The zero-order valence-corrected chi connectivity index (χ0v) is 8.42. The van der Waals surface area contributed by atoms with Crippen LogP contribution in [0, 0.1) is 5.92 Å². The van der Waals surface area contributed by atoms with Crippen molar-refractivity contribution in [2.75, 3.05) is 20.1 Å². The molecule has 0 saturated carbocycles. The van der Waals surface area contributed by atoms with E-state index in [1.54, 1.807) is 7.05 Å². The Morgan fingerprint density at radius 1 is 1.69 bits per heavy atom. The van der Waals surface area contributed by atoms with Crippen molar-refractivity contribution in [3.63, 3.8) is 0 Å². The Bertz CT molecular complexity index is 184. The van der Waals surface area contributed by atoms with Gasteiger partial charge in [-0.1, -0.05) is 6.92 Å². The van der Waals surface area contributed by atoms with Crippen molar-refractivity contribution >= 4 is 6.03 Å². The molecule has 76 valence electrons. The average Bonchev–Trinajstić information content (AvgIpc) is 2.16. The Hall–Kier alpha value is -0.770. The summed E-state index contributed by atoms with van der Waals surface area (Å²) in [6.07, 6.45) is 2.12. The minimum Gasteiger partial charge on any atom is -0.341 e. The molecule has 1 saturated heterocycles. The Morgan fingerprint density at radius 3 is 2.92 bits per heavy atom. The number of nitrogens with two attached hydrogens (primary N) is 1. The molecule has 0 spiro atoms. The highest BCUT2D eigenvalue weighted by atomic mass is 16.2. The molecule has 3 N–H and O–H groups in total. The van der Waals surface area contributed by atoms with Gasteiger partial charge in [-0.15, -0.1) is 0 Å². The van der Waals surface area contributed by atoms with Crippen LogP contribution in [0.1, 0.15) is 19.8 Å². The van der Waals surface area contributed by atoms with Gasteiger partial charge in [0.25, 0.3) is 0 Å². The Labute approximate surface area is 79.5 Å². The van der Waals surface area contributed by atoms with Crippen LogP contribution in [0.2, 0.25) is 0 Å². The first-order valence-electron chi connectivity index (χ1n) is 4.87. The van der Waals surface area contributed by atoms with Gasteiger partial charge in [0.1, 0.15) is 0 Å². The molecule has 2 amide bonds. The summed E-state index contributed by atoms with van der Waals surface area (Å²) in [6.45, 7) is 3.62. The van der Waals surface area contributed by atoms with Gasteiger partial charge in [-0.3, -0.25) is 0 Å². The van der Waals surface area contributed by atoms with Gasteiger partial charge in [-0.2, -0.15) is 0 Å². The molecule has 13 heavy (non-hydrogen) atoms. The van der Waals surface area contributed by atoms with E-state index in [0.29, 0.717) is 12.5 Å². The number of hydrogen-bond donors (Lipinski definition) is 2. The molecular weight excluding hydrogens is 166 g/mol. The summed E-state index contributed by atoms with van der Waals surface area (Å²) in [6, 6.07) is 0.228. The third-order valence-corrected chi connectivity index (χ3v) is 2.72. The number of urea groups is 1. The fraction of sp³-hybridized carbons (Fsp3) is 0.889. The molecule has 0 bridgehead atoms. The van der Waals surface area contributed by atoms with Crippen molar-refractivity contribution in [2.24, 2.45) is 11.7 Å². The summed E-state index contributed by atoms with van der Waals surface area (Å²) in [5.41, 5.74) is 5.63. The van der Waals surface area contributed by atoms with E-state index in [-0.39, 0.29) is 12.1 Å². The Morgan fingerprint density at radius 2 is 2.38 bits per heavy atom. The van der Waals surface area contributed by atoms with Crippen LogP contribution in [0.5, 0.6) is 0 Å². The highest BCUT2D eigenvalue weighted by molar-refractivity contribution is 5.74. The van der Waals surface area contributed by atoms with Crippen molar-refractivity contribution in [3.05, 3.63) is 0 Å². The van der Waals surface area contributed by atoms with Crippen molar-refractivity contribution < 1.29 is 4.79 Å². The molecule has 4 nitrogen and oxygen atoms in total. The van der Waals surface area contributed by atoms with E-state index in [1.165, 1.54) is 0 Å². The van der Waals surface area contributed by atoms with E-state index in [9.17, 15) is 4.79 Å². The number of amides is 2. The molecule has 2 atom stereocenters. The van der Waals surface area contributed by atoms with Gasteiger partial charge in [0.2, 0.25) is 0 Å². The van der Waals surface area contributed by atoms with E-state index in [0.717, 1.165) is 19.4 Å². The fourth-order valence-corrected chi connectivity index (χ4v) is 1.89. The van der Waals surface area contributed by atoms with Crippen molar-refractivity contribution in [3.8, 4) is 0 Å². The molecule has 0 aliphatic carbocycles. The lowest BCUT2D eigenvalue weighted by atomic mass is 9.93. The molecule has 0 aromatic rings. The molecule has 0 radical (unpaired) electrons. The van der Waals surface area contributed by atoms with Crippen LogP contribution in [0.25, 0.3) is 0 Å². The van der Waals surface area contributed by atoms with E-state index in [2.05, 4.69) is 12.2 Å². The minimum atomic E-state index is 0.00218. The van der Waals surface area contributed by atoms with E-state index < -0.39 is 0 Å². The molecule has 0 aromatic heterocycles. The number of nitrogens with one attached hydrogen (secondary N) is 1. The first-order valence-corrected chi connectivity index (χ1v) is 4.87. The maximum atomic E-state index is 11.4. The zero-order chi connectivity index (χ0) is 9.84. The third-order valence-electron chi connectivity index (χ3n) is 2.72. The predicted octanol–water partition coefficient (Wildman–Crippen LogP) is 0.385. The molecule has 1 fully saturated rings. The maximum absolute atomic E-state index is 11.4. The van der Waals surface area contributed by atoms with Gasteiger partial charge in [0, 0.05) is 26.2 Å². The monoisotopic (exact) mass is 185 g/mol. The number of carbonyl (C=O) groups is 1. The predicted molar refractivity (Wildman–Crippen MR) is 52.4 cm³/mol. The lowest BCUT2D eigenvalue weighted by molar-refractivity contribution is 0.136. The number of piperidine rings is 1. The summed E-state index contributed by atoms with van der Waals surface area (Å²) in [5.74, 6) is 0.689. The highest BCUT2D eigenvalue weighted by Gasteiger charge is 2.27. The second-order valence-electron chi connectivity index (χ2n) is 3.77. The molecular formula is C9H19N3O. The summed E-state index contributed by atoms with van der Waals surface area (Å²) < 4.78 is 0. The molecule has 1 heterocycles. The molecule has 4 heteroatoms. The van der Waals surface area contributed by atoms with Crippen molar-refractivity contribution in [2.45, 2.75) is 25.8 Å². The smallest absolute Gasteiger partial charge is 0.317 e. The normalized spacial score (nSPS) is 28.7. The number of likely N-dealkylation sites (tertiary alicyclic amines) is 1. The lowest BCUT2D eigenvalue weighted by Gasteiger charge is -2.37. The number of rotatable bonds is 1. The quantitative estimate of drug-likeness (QED) is 0.620. The van der Waals surface area contributed by atoms with E-state index >= 15 is 0 Å². The van der Waals surface area contributed by atoms with E-state index in [4.69, 9.17) is 5.73 Å². The van der Waals surface area contributed by atoms with Crippen LogP contribution in [0.15, 0.2) is 0 Å². The molecule has 1 aliphatic heterocycles. The number of carbonyl (C=O) groups excluding carboxylic acids is 1. The third kappa shape index (κ3) is 2.34. The first-order chi connectivity index (χ1) is 6.19. The van der Waals surface area contributed by atoms with Crippen molar-refractivity contribution in [1.29, 1.82) is 0 Å². The molecule has 1 rings (SSSR count). The molecule has 2 unspecified atom stereocenters. The summed E-state index contributed by atoms with van der Waals surface area (Å²) >= 11 is 0. The fourth-order valence-electron chi connectivity index (χ4n) is 1.89. The number of nitrogens with zero attached hydrogens (tertiary/aromatic N) is 1. The van der Waals surface area contributed by atoms with Gasteiger partial charge in [-0.05, 0) is 18.8 Å².